The van der Waals surface area contributed by atoms with Gasteiger partial charge < -0.3 is 21.5 Å². The first-order valence-electron chi connectivity index (χ1n) is 7.12. The second-order valence-corrected chi connectivity index (χ2v) is 6.60. The Morgan fingerprint density at radius 1 is 1.40 bits per heavy atom. The third-order valence-electron chi connectivity index (χ3n) is 3.97. The molecule has 0 radical (unpaired) electrons. The number of rotatable bonds is 5. The minimum absolute atomic E-state index is 0.0499. The molecule has 2 fully saturated rings. The van der Waals surface area contributed by atoms with Crippen molar-refractivity contribution in [2.75, 3.05) is 17.7 Å². The third kappa shape index (κ3) is 2.88. The lowest BCUT2D eigenvalue weighted by Crippen LogP contribution is -2.38. The van der Waals surface area contributed by atoms with Crippen LogP contribution in [0.15, 0.2) is 0 Å². The minimum atomic E-state index is -0.172. The summed E-state index contributed by atoms with van der Waals surface area (Å²) in [7, 11) is 0. The van der Waals surface area contributed by atoms with Gasteiger partial charge in [-0.1, -0.05) is 17.8 Å². The number of nitrogens with zero attached hydrogens (tertiary/aromatic N) is 1. The predicted octanol–water partition coefficient (Wildman–Crippen LogP) is 1.19. The number of hydrogen-bond acceptors (Lipinski definition) is 6. The van der Waals surface area contributed by atoms with Gasteiger partial charge in [0.1, 0.15) is 10.7 Å². The van der Waals surface area contributed by atoms with E-state index in [4.69, 9.17) is 5.73 Å². The van der Waals surface area contributed by atoms with Crippen molar-refractivity contribution in [2.45, 2.75) is 44.2 Å². The highest BCUT2D eigenvalue weighted by molar-refractivity contribution is 7.18. The van der Waals surface area contributed by atoms with Crippen molar-refractivity contribution in [1.82, 2.24) is 10.3 Å². The van der Waals surface area contributed by atoms with E-state index in [9.17, 15) is 9.90 Å². The average molecular weight is 296 g/mol. The maximum atomic E-state index is 12.3. The predicted molar refractivity (Wildman–Crippen MR) is 78.9 cm³/mol. The van der Waals surface area contributed by atoms with Crippen LogP contribution in [0.4, 0.5) is 10.9 Å². The summed E-state index contributed by atoms with van der Waals surface area (Å²) in [6, 6.07) is 0.541. The molecule has 0 spiro atoms. The Hall–Kier alpha value is -1.34. The molecule has 2 saturated carbocycles. The molecule has 0 saturated heterocycles. The smallest absolute Gasteiger partial charge is 0.265 e. The fourth-order valence-electron chi connectivity index (χ4n) is 2.64. The number of aliphatic hydroxyl groups is 1. The molecule has 110 valence electrons. The molecule has 2 aliphatic rings. The molecular weight excluding hydrogens is 276 g/mol. The first-order chi connectivity index (χ1) is 9.67. The van der Waals surface area contributed by atoms with Crippen LogP contribution in [0.25, 0.3) is 0 Å². The zero-order valence-electron chi connectivity index (χ0n) is 11.3. The molecule has 1 heterocycles. The number of nitrogens with two attached hydrogens (primary N) is 1. The van der Waals surface area contributed by atoms with E-state index in [1.807, 2.05) is 0 Å². The number of thiazole rings is 1. The van der Waals surface area contributed by atoms with Crippen LogP contribution in [-0.2, 0) is 0 Å². The normalized spacial score (nSPS) is 25.6. The van der Waals surface area contributed by atoms with Crippen molar-refractivity contribution in [3.8, 4) is 0 Å². The van der Waals surface area contributed by atoms with Gasteiger partial charge in [-0.05, 0) is 25.7 Å². The molecule has 3 rings (SSSR count). The lowest BCUT2D eigenvalue weighted by atomic mass is 10.1. The van der Waals surface area contributed by atoms with Gasteiger partial charge in [-0.25, -0.2) is 4.98 Å². The second kappa shape index (κ2) is 5.57. The van der Waals surface area contributed by atoms with E-state index in [-0.39, 0.29) is 30.3 Å². The molecule has 2 unspecified atom stereocenters. The van der Waals surface area contributed by atoms with Gasteiger partial charge in [0.15, 0.2) is 5.13 Å². The lowest BCUT2D eigenvalue weighted by Gasteiger charge is -2.18. The second-order valence-electron chi connectivity index (χ2n) is 5.61. The van der Waals surface area contributed by atoms with E-state index >= 15 is 0 Å². The summed E-state index contributed by atoms with van der Waals surface area (Å²) < 4.78 is 0. The largest absolute Gasteiger partial charge is 0.396 e. The Balaban J connectivity index is 1.65. The summed E-state index contributed by atoms with van der Waals surface area (Å²) in [6.45, 7) is 0.123. The first-order valence-corrected chi connectivity index (χ1v) is 7.93. The zero-order valence-corrected chi connectivity index (χ0v) is 12.1. The summed E-state index contributed by atoms with van der Waals surface area (Å²) >= 11 is 1.31. The molecule has 1 aromatic rings. The molecule has 7 heteroatoms. The number of nitrogen functional groups attached to an aromatic ring is 1. The van der Waals surface area contributed by atoms with Gasteiger partial charge in [-0.3, -0.25) is 4.79 Å². The fourth-order valence-corrected chi connectivity index (χ4v) is 3.50. The summed E-state index contributed by atoms with van der Waals surface area (Å²) in [5.41, 5.74) is 5.83. The summed E-state index contributed by atoms with van der Waals surface area (Å²) in [5.74, 6) is 0.278. The SMILES string of the molecule is Nc1nc(NC2CC2)sc1C(=O)NC1CCCC1CO. The average Bonchev–Trinajstić information content (AvgIpc) is 2.98. The van der Waals surface area contributed by atoms with Gasteiger partial charge in [0.05, 0.1) is 0 Å². The van der Waals surface area contributed by atoms with E-state index in [0.29, 0.717) is 10.9 Å². The number of anilines is 2. The number of amides is 1. The topological polar surface area (TPSA) is 100 Å². The molecule has 0 aromatic carbocycles. The van der Waals surface area contributed by atoms with E-state index in [1.54, 1.807) is 0 Å². The van der Waals surface area contributed by atoms with E-state index in [0.717, 1.165) is 37.2 Å². The Kier molecular flexibility index (Phi) is 3.80. The van der Waals surface area contributed by atoms with Crippen LogP contribution in [-0.4, -0.2) is 34.7 Å². The number of carbonyl (C=O) groups excluding carboxylic acids is 1. The maximum Gasteiger partial charge on any atom is 0.265 e. The van der Waals surface area contributed by atoms with Crippen LogP contribution in [0.1, 0.15) is 41.8 Å². The van der Waals surface area contributed by atoms with Crippen LogP contribution in [0.2, 0.25) is 0 Å². The van der Waals surface area contributed by atoms with Crippen LogP contribution < -0.4 is 16.4 Å². The number of aromatic nitrogens is 1. The highest BCUT2D eigenvalue weighted by atomic mass is 32.1. The van der Waals surface area contributed by atoms with Crippen LogP contribution >= 0.6 is 11.3 Å². The Bertz CT molecular complexity index is 501. The summed E-state index contributed by atoms with van der Waals surface area (Å²) in [4.78, 5) is 16.9. The van der Waals surface area contributed by atoms with Crippen LogP contribution in [0.3, 0.4) is 0 Å². The molecular formula is C13H20N4O2S. The van der Waals surface area contributed by atoms with Gasteiger partial charge in [-0.15, -0.1) is 0 Å². The molecule has 2 atom stereocenters. The van der Waals surface area contributed by atoms with E-state index in [2.05, 4.69) is 15.6 Å². The van der Waals surface area contributed by atoms with Crippen LogP contribution in [0, 0.1) is 5.92 Å². The van der Waals surface area contributed by atoms with Crippen molar-refractivity contribution in [2.24, 2.45) is 5.92 Å². The Labute approximate surface area is 121 Å². The third-order valence-corrected chi connectivity index (χ3v) is 4.98. The lowest BCUT2D eigenvalue weighted by molar-refractivity contribution is 0.0921. The fraction of sp³-hybridized carbons (Fsp3) is 0.692. The van der Waals surface area contributed by atoms with Gasteiger partial charge >= 0.3 is 0 Å². The maximum absolute atomic E-state index is 12.3. The van der Waals surface area contributed by atoms with Gasteiger partial charge in [0.2, 0.25) is 0 Å². The quantitative estimate of drug-likeness (QED) is 0.654. The Morgan fingerprint density at radius 2 is 2.20 bits per heavy atom. The summed E-state index contributed by atoms with van der Waals surface area (Å²) in [5, 5.41) is 16.2. The monoisotopic (exact) mass is 296 g/mol. The van der Waals surface area contributed by atoms with Gasteiger partial charge in [0.25, 0.3) is 5.91 Å². The van der Waals surface area contributed by atoms with E-state index < -0.39 is 0 Å². The number of nitrogens with one attached hydrogen (secondary N) is 2. The molecule has 1 aromatic heterocycles. The molecule has 6 nitrogen and oxygen atoms in total. The summed E-state index contributed by atoms with van der Waals surface area (Å²) in [6.07, 6.45) is 5.24. The van der Waals surface area contributed by atoms with Crippen molar-refractivity contribution in [1.29, 1.82) is 0 Å². The molecule has 1 amide bonds. The highest BCUT2D eigenvalue weighted by Crippen LogP contribution is 2.31. The van der Waals surface area contributed by atoms with Gasteiger partial charge in [0, 0.05) is 24.6 Å². The Morgan fingerprint density at radius 3 is 2.90 bits per heavy atom. The van der Waals surface area contributed by atoms with E-state index in [1.165, 1.54) is 11.3 Å². The van der Waals surface area contributed by atoms with Crippen molar-refractivity contribution >= 4 is 28.2 Å². The zero-order chi connectivity index (χ0) is 14.1. The molecule has 5 N–H and O–H groups in total. The molecule has 20 heavy (non-hydrogen) atoms. The molecule has 2 aliphatic carbocycles. The molecule has 0 bridgehead atoms. The number of aliphatic hydroxyl groups excluding tert-OH is 1. The number of hydrogen-bond donors (Lipinski definition) is 4. The number of carbonyl (C=O) groups is 1. The standard InChI is InChI=1S/C13H20N4O2S/c14-11-10(20-13(17-11)15-8-4-5-8)12(19)16-9-3-1-2-7(9)6-18/h7-9,18H,1-6,14H2,(H,15,17)(H,16,19). The van der Waals surface area contributed by atoms with Crippen molar-refractivity contribution < 1.29 is 9.90 Å². The van der Waals surface area contributed by atoms with Crippen molar-refractivity contribution in [3.05, 3.63) is 4.88 Å². The minimum Gasteiger partial charge on any atom is -0.396 e. The van der Waals surface area contributed by atoms with Crippen LogP contribution in [0.5, 0.6) is 0 Å². The first kappa shape index (κ1) is 13.6. The van der Waals surface area contributed by atoms with Gasteiger partial charge in [-0.2, -0.15) is 0 Å². The highest BCUT2D eigenvalue weighted by Gasteiger charge is 2.30. The van der Waals surface area contributed by atoms with Crippen molar-refractivity contribution in [3.63, 3.8) is 0 Å². The molecule has 0 aliphatic heterocycles.